The van der Waals surface area contributed by atoms with Gasteiger partial charge in [0.25, 0.3) is 11.8 Å². The fraction of sp³-hybridized carbons (Fsp3) is 0.258. The molecule has 6 atom stereocenters. The molecule has 2 aliphatic carbocycles. The van der Waals surface area contributed by atoms with E-state index in [2.05, 4.69) is 0 Å². The van der Waals surface area contributed by atoms with E-state index in [9.17, 15) is 42.3 Å². The van der Waals surface area contributed by atoms with Crippen LogP contribution in [0.2, 0.25) is 0 Å². The molecule has 16 heteroatoms. The number of alkyl halides is 2. The normalized spacial score (nSPS) is 30.1. The van der Waals surface area contributed by atoms with E-state index in [1.165, 1.54) is 24.3 Å². The standard InChI is InChI=1S/C31H18Cl2F5N3O6/c32-30-9-15-12(7-8-13-16(15)26(44)41(25(13)43)29(39)47)17(14-6-5-10-3-1-2-4-11(10)24(14)42)31(30,33)28(46)40(27(30)45)23-21(37)19(35)18(34)20(36)22(23)38/h1-7,13,15-17,42H,8-9H2,(H2,39,47)/t13-,15+,16-,17+,30+,31-/m0/s1. The highest BCUT2D eigenvalue weighted by Crippen LogP contribution is 2.67. The Bertz CT molecular complexity index is 2050. The van der Waals surface area contributed by atoms with Crippen molar-refractivity contribution in [1.82, 2.24) is 4.90 Å². The van der Waals surface area contributed by atoms with Gasteiger partial charge in [-0.05, 0) is 24.1 Å². The molecule has 0 radical (unpaired) electrons. The number of nitrogens with two attached hydrogens (primary N) is 1. The number of urea groups is 1. The number of nitrogens with zero attached hydrogens (tertiary/aromatic N) is 2. The molecule has 2 aliphatic heterocycles. The molecular formula is C31H18Cl2F5N3O6. The summed E-state index contributed by atoms with van der Waals surface area (Å²) in [5.74, 6) is -23.8. The zero-order valence-electron chi connectivity index (χ0n) is 23.4. The lowest BCUT2D eigenvalue weighted by Crippen LogP contribution is -2.60. The first kappa shape index (κ1) is 31.1. The number of benzene rings is 3. The maximum absolute atomic E-state index is 15.1. The summed E-state index contributed by atoms with van der Waals surface area (Å²) in [7, 11) is 0. The van der Waals surface area contributed by atoms with Gasteiger partial charge >= 0.3 is 6.03 Å². The molecule has 0 aromatic heterocycles. The predicted molar refractivity (Wildman–Crippen MR) is 153 cm³/mol. The fourth-order valence-corrected chi connectivity index (χ4v) is 8.56. The number of amides is 6. The fourth-order valence-electron chi connectivity index (χ4n) is 7.63. The Balaban J connectivity index is 1.50. The largest absolute Gasteiger partial charge is 0.507 e. The van der Waals surface area contributed by atoms with Gasteiger partial charge in [-0.2, -0.15) is 4.90 Å². The van der Waals surface area contributed by atoms with Crippen LogP contribution in [-0.2, 0) is 19.2 Å². The summed E-state index contributed by atoms with van der Waals surface area (Å²) in [5, 5.41) is 12.3. The summed E-state index contributed by atoms with van der Waals surface area (Å²) in [6.07, 6.45) is 0.472. The third-order valence-corrected chi connectivity index (χ3v) is 11.1. The van der Waals surface area contributed by atoms with Crippen molar-refractivity contribution < 1.29 is 51.0 Å². The number of aromatic hydroxyl groups is 1. The highest BCUT2D eigenvalue weighted by molar-refractivity contribution is 6.58. The monoisotopic (exact) mass is 693 g/mol. The number of hydrogen-bond acceptors (Lipinski definition) is 6. The van der Waals surface area contributed by atoms with Gasteiger partial charge in [-0.25, -0.2) is 31.6 Å². The Kier molecular flexibility index (Phi) is 6.59. The van der Waals surface area contributed by atoms with Crippen molar-refractivity contribution in [3.05, 3.63) is 82.7 Å². The number of phenols is 1. The molecular weight excluding hydrogens is 676 g/mol. The van der Waals surface area contributed by atoms with E-state index >= 15 is 8.78 Å². The van der Waals surface area contributed by atoms with Crippen molar-refractivity contribution in [2.45, 2.75) is 28.5 Å². The average molecular weight is 694 g/mol. The molecule has 9 nitrogen and oxygen atoms in total. The third kappa shape index (κ3) is 3.67. The Hall–Kier alpha value is -4.56. The van der Waals surface area contributed by atoms with Gasteiger partial charge in [0, 0.05) is 16.9 Å². The number of rotatable bonds is 2. The van der Waals surface area contributed by atoms with Crippen LogP contribution in [0.3, 0.4) is 0 Å². The van der Waals surface area contributed by atoms with E-state index in [4.69, 9.17) is 28.9 Å². The number of imide groups is 4. The van der Waals surface area contributed by atoms with E-state index in [1.54, 1.807) is 18.2 Å². The summed E-state index contributed by atoms with van der Waals surface area (Å²) in [6, 6.07) is 7.91. The van der Waals surface area contributed by atoms with Crippen molar-refractivity contribution in [2.75, 3.05) is 4.90 Å². The Labute approximate surface area is 270 Å². The first-order chi connectivity index (χ1) is 22.1. The highest BCUT2D eigenvalue weighted by atomic mass is 35.5. The maximum Gasteiger partial charge on any atom is 0.328 e. The Morgan fingerprint density at radius 3 is 2.11 bits per heavy atom. The highest BCUT2D eigenvalue weighted by Gasteiger charge is 2.77. The summed E-state index contributed by atoms with van der Waals surface area (Å²) < 4.78 is 72.9. The lowest BCUT2D eigenvalue weighted by molar-refractivity contribution is -0.136. The van der Waals surface area contributed by atoms with E-state index in [1.807, 2.05) is 0 Å². The second-order valence-electron chi connectivity index (χ2n) is 11.8. The van der Waals surface area contributed by atoms with Crippen LogP contribution in [0.5, 0.6) is 5.75 Å². The summed E-state index contributed by atoms with van der Waals surface area (Å²) in [6.45, 7) is 0. The van der Waals surface area contributed by atoms with Gasteiger partial charge < -0.3 is 10.8 Å². The van der Waals surface area contributed by atoms with Gasteiger partial charge in [0.1, 0.15) is 11.4 Å². The first-order valence-electron chi connectivity index (χ1n) is 14.0. The smallest absolute Gasteiger partial charge is 0.328 e. The summed E-state index contributed by atoms with van der Waals surface area (Å²) >= 11 is 14.1. The van der Waals surface area contributed by atoms with Crippen LogP contribution in [0.15, 0.2) is 48.0 Å². The minimum absolute atomic E-state index is 0.107. The second-order valence-corrected chi connectivity index (χ2v) is 13.0. The number of phenolic OH excluding ortho intramolecular Hbond substituents is 1. The molecule has 242 valence electrons. The minimum Gasteiger partial charge on any atom is -0.507 e. The second kappa shape index (κ2) is 9.97. The van der Waals surface area contributed by atoms with Gasteiger partial charge in [0.15, 0.2) is 33.0 Å². The average Bonchev–Trinajstić information content (AvgIpc) is 3.38. The van der Waals surface area contributed by atoms with Gasteiger partial charge in [-0.3, -0.25) is 19.2 Å². The molecule has 0 unspecified atom stereocenters. The maximum atomic E-state index is 15.1. The van der Waals surface area contributed by atoms with Crippen LogP contribution in [0.4, 0.5) is 32.4 Å². The SMILES string of the molecule is NC(=O)N1C(=O)[C@H]2[C@H](CC=C3[C@H]2C[C@@]2(Cl)C(=O)N(c4c(F)c(F)c(F)c(F)c4F)C(=O)[C@@]2(Cl)[C@H]3c2ccc3ccccc3c2O)C1=O. The van der Waals surface area contributed by atoms with Crippen molar-refractivity contribution in [1.29, 1.82) is 0 Å². The number of fused-ring (bicyclic) bond motifs is 5. The summed E-state index contributed by atoms with van der Waals surface area (Å²) in [5.41, 5.74) is 3.34. The van der Waals surface area contributed by atoms with Crippen LogP contribution in [0.1, 0.15) is 24.3 Å². The molecule has 4 aliphatic rings. The Morgan fingerprint density at radius 1 is 0.851 bits per heavy atom. The van der Waals surface area contributed by atoms with Crippen LogP contribution in [-0.4, -0.2) is 49.4 Å². The number of primary amides is 1. The van der Waals surface area contributed by atoms with Gasteiger partial charge in [0.2, 0.25) is 17.6 Å². The molecule has 3 aromatic carbocycles. The molecule has 3 N–H and O–H groups in total. The molecule has 0 spiro atoms. The van der Waals surface area contributed by atoms with Gasteiger partial charge in [-0.1, -0.05) is 48.0 Å². The van der Waals surface area contributed by atoms with E-state index < -0.39 is 110 Å². The van der Waals surface area contributed by atoms with Crippen LogP contribution in [0.25, 0.3) is 10.8 Å². The summed E-state index contributed by atoms with van der Waals surface area (Å²) in [4.78, 5) is 61.4. The van der Waals surface area contributed by atoms with Crippen molar-refractivity contribution >= 4 is 69.3 Å². The molecule has 47 heavy (non-hydrogen) atoms. The number of hydrogen-bond donors (Lipinski definition) is 2. The molecule has 3 fully saturated rings. The Morgan fingerprint density at radius 2 is 1.47 bits per heavy atom. The minimum atomic E-state index is -2.81. The molecule has 6 amide bonds. The number of carbonyl (C=O) groups is 5. The van der Waals surface area contributed by atoms with Crippen LogP contribution < -0.4 is 10.6 Å². The number of likely N-dealkylation sites (tertiary alicyclic amines) is 1. The molecule has 0 bridgehead atoms. The lowest BCUT2D eigenvalue weighted by Gasteiger charge is -2.50. The third-order valence-electron chi connectivity index (χ3n) is 9.68. The van der Waals surface area contributed by atoms with Gasteiger partial charge in [0.05, 0.1) is 11.8 Å². The number of carbonyl (C=O) groups excluding carboxylic acids is 5. The quantitative estimate of drug-likeness (QED) is 0.0980. The van der Waals surface area contributed by atoms with Crippen LogP contribution in [0, 0.1) is 46.8 Å². The van der Waals surface area contributed by atoms with Crippen molar-refractivity contribution in [2.24, 2.45) is 23.5 Å². The van der Waals surface area contributed by atoms with Crippen molar-refractivity contribution in [3.63, 3.8) is 0 Å². The van der Waals surface area contributed by atoms with Crippen LogP contribution >= 0.6 is 23.2 Å². The van der Waals surface area contributed by atoms with E-state index in [0.717, 1.165) is 0 Å². The van der Waals surface area contributed by atoms with Crippen molar-refractivity contribution in [3.8, 4) is 5.75 Å². The molecule has 1 saturated carbocycles. The zero-order chi connectivity index (χ0) is 34.1. The molecule has 2 heterocycles. The molecule has 7 rings (SSSR count). The zero-order valence-corrected chi connectivity index (χ0v) is 24.9. The molecule has 3 aromatic rings. The number of anilines is 1. The van der Waals surface area contributed by atoms with E-state index in [0.29, 0.717) is 5.39 Å². The lowest BCUT2D eigenvalue weighted by atomic mass is 9.56. The predicted octanol–water partition coefficient (Wildman–Crippen LogP) is 4.88. The molecule has 2 saturated heterocycles. The number of halogens is 7. The van der Waals surface area contributed by atoms with E-state index in [-0.39, 0.29) is 32.7 Å². The topological polar surface area (TPSA) is 138 Å². The first-order valence-corrected chi connectivity index (χ1v) is 14.7. The number of allylic oxidation sites excluding steroid dienone is 2. The van der Waals surface area contributed by atoms with Gasteiger partial charge in [-0.15, -0.1) is 23.2 Å².